The first-order chi connectivity index (χ1) is 11.8. The van der Waals surface area contributed by atoms with Crippen LogP contribution in [0.15, 0.2) is 54.6 Å². The van der Waals surface area contributed by atoms with Crippen LogP contribution < -0.4 is 10.6 Å². The quantitative estimate of drug-likeness (QED) is 0.695. The molecule has 5 heteroatoms. The minimum atomic E-state index is -0.144. The largest absolute Gasteiger partial charge is 0.312 e. The van der Waals surface area contributed by atoms with E-state index in [1.807, 2.05) is 42.5 Å². The summed E-state index contributed by atoms with van der Waals surface area (Å²) in [6.07, 6.45) is 0.907. The average Bonchev–Trinajstić information content (AvgIpc) is 3.06. The molecule has 3 N–H and O–H groups in total. The molecule has 0 atom stereocenters. The molecule has 2 heterocycles. The molecule has 1 aliphatic heterocycles. The first kappa shape index (κ1) is 14.7. The van der Waals surface area contributed by atoms with E-state index >= 15 is 0 Å². The molecule has 5 nitrogen and oxygen atoms in total. The Morgan fingerprint density at radius 2 is 1.75 bits per heavy atom. The molecule has 24 heavy (non-hydrogen) atoms. The van der Waals surface area contributed by atoms with Gasteiger partial charge in [-0.05, 0) is 23.3 Å². The topological polar surface area (TPSA) is 69.8 Å². The fraction of sp³-hybridized carbons (Fsp3) is 0.158. The second-order valence-electron chi connectivity index (χ2n) is 5.85. The van der Waals surface area contributed by atoms with Crippen LogP contribution in [0.5, 0.6) is 0 Å². The maximum atomic E-state index is 12.5. The Bertz CT molecular complexity index is 853. The number of carbonyl (C=O) groups excluding carboxylic acids is 1. The van der Waals surface area contributed by atoms with E-state index in [1.54, 1.807) is 0 Å². The van der Waals surface area contributed by atoms with Crippen molar-refractivity contribution in [1.29, 1.82) is 0 Å². The molecule has 0 radical (unpaired) electrons. The Morgan fingerprint density at radius 1 is 1.00 bits per heavy atom. The van der Waals surface area contributed by atoms with Crippen LogP contribution in [0.2, 0.25) is 0 Å². The zero-order chi connectivity index (χ0) is 16.4. The van der Waals surface area contributed by atoms with Crippen molar-refractivity contribution < 1.29 is 4.79 Å². The molecule has 0 saturated carbocycles. The summed E-state index contributed by atoms with van der Waals surface area (Å²) < 4.78 is 0. The predicted molar refractivity (Wildman–Crippen MR) is 93.8 cm³/mol. The molecule has 3 aromatic rings. The van der Waals surface area contributed by atoms with E-state index in [0.717, 1.165) is 41.9 Å². The molecule has 120 valence electrons. The van der Waals surface area contributed by atoms with Gasteiger partial charge in [-0.15, -0.1) is 0 Å². The number of carbonyl (C=O) groups is 1. The summed E-state index contributed by atoms with van der Waals surface area (Å²) in [6, 6.07) is 17.7. The highest BCUT2D eigenvalue weighted by molar-refractivity contribution is 6.04. The van der Waals surface area contributed by atoms with E-state index in [0.29, 0.717) is 11.4 Å². The lowest BCUT2D eigenvalue weighted by Gasteiger charge is -2.13. The molecule has 0 spiro atoms. The van der Waals surface area contributed by atoms with Crippen LogP contribution >= 0.6 is 0 Å². The van der Waals surface area contributed by atoms with Crippen molar-refractivity contribution in [2.75, 3.05) is 11.9 Å². The summed E-state index contributed by atoms with van der Waals surface area (Å²) >= 11 is 0. The van der Waals surface area contributed by atoms with Crippen LogP contribution in [0.1, 0.15) is 21.6 Å². The fourth-order valence-corrected chi connectivity index (χ4v) is 2.95. The van der Waals surface area contributed by atoms with Crippen LogP contribution in [0.25, 0.3) is 11.1 Å². The SMILES string of the molecule is O=C(Nc1n[nH]c2c1CNCC2)c1ccc(-c2ccccc2)cc1. The zero-order valence-corrected chi connectivity index (χ0v) is 13.2. The molecule has 0 unspecified atom stereocenters. The highest BCUT2D eigenvalue weighted by Gasteiger charge is 2.18. The van der Waals surface area contributed by atoms with Crippen molar-refractivity contribution in [3.8, 4) is 11.1 Å². The van der Waals surface area contributed by atoms with Crippen molar-refractivity contribution in [3.05, 3.63) is 71.4 Å². The fourth-order valence-electron chi connectivity index (χ4n) is 2.95. The molecule has 0 saturated heterocycles. The van der Waals surface area contributed by atoms with Crippen LogP contribution in [-0.4, -0.2) is 22.6 Å². The van der Waals surface area contributed by atoms with Crippen molar-refractivity contribution >= 4 is 11.7 Å². The lowest BCUT2D eigenvalue weighted by Crippen LogP contribution is -2.24. The van der Waals surface area contributed by atoms with Gasteiger partial charge in [0, 0.05) is 36.3 Å². The molecule has 4 rings (SSSR count). The predicted octanol–water partition coefficient (Wildman–Crippen LogP) is 2.97. The summed E-state index contributed by atoms with van der Waals surface area (Å²) in [5.41, 5.74) is 5.00. The van der Waals surface area contributed by atoms with E-state index in [2.05, 4.69) is 33.0 Å². The van der Waals surface area contributed by atoms with E-state index in [1.165, 1.54) is 0 Å². The molecule has 0 bridgehead atoms. The zero-order valence-electron chi connectivity index (χ0n) is 13.2. The van der Waals surface area contributed by atoms with Crippen molar-refractivity contribution in [2.45, 2.75) is 13.0 Å². The van der Waals surface area contributed by atoms with Crippen LogP contribution in [0.3, 0.4) is 0 Å². The number of aromatic nitrogens is 2. The Hall–Kier alpha value is -2.92. The summed E-state index contributed by atoms with van der Waals surface area (Å²) in [5.74, 6) is 0.476. The van der Waals surface area contributed by atoms with Crippen molar-refractivity contribution in [3.63, 3.8) is 0 Å². The van der Waals surface area contributed by atoms with E-state index in [4.69, 9.17) is 0 Å². The standard InChI is InChI=1S/C19H18N4O/c24-19(21-18-16-12-20-11-10-17(16)22-23-18)15-8-6-14(7-9-15)13-4-2-1-3-5-13/h1-9,20H,10-12H2,(H2,21,22,23,24). The molecule has 0 aliphatic carbocycles. The summed E-state index contributed by atoms with van der Waals surface area (Å²) in [7, 11) is 0. The van der Waals surface area contributed by atoms with Gasteiger partial charge in [-0.1, -0.05) is 42.5 Å². The normalized spacial score (nSPS) is 13.3. The monoisotopic (exact) mass is 318 g/mol. The van der Waals surface area contributed by atoms with Gasteiger partial charge in [-0.3, -0.25) is 9.89 Å². The molecule has 2 aromatic carbocycles. The van der Waals surface area contributed by atoms with Gasteiger partial charge in [0.05, 0.1) is 0 Å². The third-order valence-electron chi connectivity index (χ3n) is 4.29. The number of nitrogens with one attached hydrogen (secondary N) is 3. The molecule has 1 amide bonds. The maximum Gasteiger partial charge on any atom is 0.256 e. The Morgan fingerprint density at radius 3 is 2.54 bits per heavy atom. The summed E-state index contributed by atoms with van der Waals surface area (Å²) in [5, 5.41) is 13.4. The molecule has 0 fully saturated rings. The maximum absolute atomic E-state index is 12.5. The molecular weight excluding hydrogens is 300 g/mol. The summed E-state index contributed by atoms with van der Waals surface area (Å²) in [6.45, 7) is 1.66. The molecule has 1 aromatic heterocycles. The summed E-state index contributed by atoms with van der Waals surface area (Å²) in [4.78, 5) is 12.5. The molecule has 1 aliphatic rings. The highest BCUT2D eigenvalue weighted by atomic mass is 16.1. The van der Waals surface area contributed by atoms with Gasteiger partial charge in [0.25, 0.3) is 5.91 Å². The Kier molecular flexibility index (Phi) is 3.84. The van der Waals surface area contributed by atoms with Gasteiger partial charge >= 0.3 is 0 Å². The highest BCUT2D eigenvalue weighted by Crippen LogP contribution is 2.22. The lowest BCUT2D eigenvalue weighted by atomic mass is 10.0. The third kappa shape index (κ3) is 2.81. The number of H-pyrrole nitrogens is 1. The number of anilines is 1. The van der Waals surface area contributed by atoms with Gasteiger partial charge in [0.2, 0.25) is 0 Å². The molecular formula is C19H18N4O. The number of hydrogen-bond donors (Lipinski definition) is 3. The van der Waals surface area contributed by atoms with Crippen LogP contribution in [-0.2, 0) is 13.0 Å². The number of hydrogen-bond acceptors (Lipinski definition) is 3. The Labute approximate surface area is 140 Å². The van der Waals surface area contributed by atoms with Gasteiger partial charge in [-0.2, -0.15) is 5.10 Å². The first-order valence-corrected chi connectivity index (χ1v) is 8.05. The number of rotatable bonds is 3. The number of benzene rings is 2. The van der Waals surface area contributed by atoms with Gasteiger partial charge < -0.3 is 10.6 Å². The number of amides is 1. The van der Waals surface area contributed by atoms with E-state index in [-0.39, 0.29) is 5.91 Å². The number of fused-ring (bicyclic) bond motifs is 1. The Balaban J connectivity index is 1.52. The van der Waals surface area contributed by atoms with Crippen LogP contribution in [0.4, 0.5) is 5.82 Å². The van der Waals surface area contributed by atoms with Gasteiger partial charge in [0.15, 0.2) is 5.82 Å². The van der Waals surface area contributed by atoms with E-state index in [9.17, 15) is 4.79 Å². The van der Waals surface area contributed by atoms with E-state index < -0.39 is 0 Å². The van der Waals surface area contributed by atoms with Gasteiger partial charge in [0.1, 0.15) is 0 Å². The minimum absolute atomic E-state index is 0.144. The first-order valence-electron chi connectivity index (χ1n) is 8.05. The second kappa shape index (κ2) is 6.29. The lowest BCUT2D eigenvalue weighted by molar-refractivity contribution is 0.102. The number of nitrogens with zero attached hydrogens (tertiary/aromatic N) is 1. The minimum Gasteiger partial charge on any atom is -0.312 e. The second-order valence-corrected chi connectivity index (χ2v) is 5.85. The number of aromatic amines is 1. The average molecular weight is 318 g/mol. The third-order valence-corrected chi connectivity index (χ3v) is 4.29. The van der Waals surface area contributed by atoms with Crippen molar-refractivity contribution in [2.24, 2.45) is 0 Å². The van der Waals surface area contributed by atoms with Gasteiger partial charge in [-0.25, -0.2) is 0 Å². The smallest absolute Gasteiger partial charge is 0.256 e. The van der Waals surface area contributed by atoms with Crippen molar-refractivity contribution in [1.82, 2.24) is 15.5 Å². The van der Waals surface area contributed by atoms with Crippen LogP contribution in [0, 0.1) is 0 Å².